The molecule has 2 rings (SSSR count). The van der Waals surface area contributed by atoms with Crippen LogP contribution in [-0.4, -0.2) is 30.6 Å². The summed E-state index contributed by atoms with van der Waals surface area (Å²) in [6.45, 7) is 6.33. The van der Waals surface area contributed by atoms with Crippen LogP contribution in [0, 0.1) is 0 Å². The lowest BCUT2D eigenvalue weighted by molar-refractivity contribution is -0.0143. The third-order valence-corrected chi connectivity index (χ3v) is 3.28. The van der Waals surface area contributed by atoms with Gasteiger partial charge < -0.3 is 4.90 Å². The molecule has 3 heteroatoms. The van der Waals surface area contributed by atoms with Crippen LogP contribution in [0.1, 0.15) is 25.3 Å². The van der Waals surface area contributed by atoms with E-state index in [4.69, 9.17) is 4.84 Å². The second kappa shape index (κ2) is 6.74. The lowest BCUT2D eigenvalue weighted by Crippen LogP contribution is -2.45. The average molecular weight is 234 g/mol. The van der Waals surface area contributed by atoms with Gasteiger partial charge in [0.25, 0.3) is 0 Å². The number of hydroxylamine groups is 1. The van der Waals surface area contributed by atoms with Crippen molar-refractivity contribution in [1.82, 2.24) is 10.4 Å². The third kappa shape index (κ3) is 4.11. The molecule has 0 bridgehead atoms. The summed E-state index contributed by atoms with van der Waals surface area (Å²) in [5.74, 6) is 0. The van der Waals surface area contributed by atoms with Crippen molar-refractivity contribution in [3.8, 4) is 0 Å². The minimum atomic E-state index is 0.479. The summed E-state index contributed by atoms with van der Waals surface area (Å²) in [6.07, 6.45) is 2.48. The number of benzene rings is 1. The van der Waals surface area contributed by atoms with E-state index in [0.29, 0.717) is 12.6 Å². The van der Waals surface area contributed by atoms with Crippen LogP contribution in [0.5, 0.6) is 0 Å². The Hall–Kier alpha value is -0.900. The molecule has 1 aliphatic rings. The molecule has 1 aliphatic heterocycles. The monoisotopic (exact) mass is 234 g/mol. The van der Waals surface area contributed by atoms with Crippen molar-refractivity contribution in [2.75, 3.05) is 19.6 Å². The minimum Gasteiger partial charge on any atom is -0.302 e. The van der Waals surface area contributed by atoms with Crippen molar-refractivity contribution >= 4 is 0 Å². The zero-order valence-electron chi connectivity index (χ0n) is 10.6. The van der Waals surface area contributed by atoms with Crippen LogP contribution in [0.15, 0.2) is 30.3 Å². The highest BCUT2D eigenvalue weighted by Gasteiger charge is 2.18. The molecule has 0 amide bonds. The Bertz CT molecular complexity index is 315. The number of hydrogen-bond donors (Lipinski definition) is 1. The quantitative estimate of drug-likeness (QED) is 0.790. The number of nitrogens with zero attached hydrogens (tertiary/aromatic N) is 1. The maximum absolute atomic E-state index is 5.58. The highest BCUT2D eigenvalue weighted by Crippen LogP contribution is 2.09. The molecule has 1 atom stereocenters. The topological polar surface area (TPSA) is 24.5 Å². The van der Waals surface area contributed by atoms with Gasteiger partial charge in [0.05, 0.1) is 6.61 Å². The predicted octanol–water partition coefficient (Wildman–Crippen LogP) is 2.19. The van der Waals surface area contributed by atoms with Gasteiger partial charge in [-0.15, -0.1) is 0 Å². The summed E-state index contributed by atoms with van der Waals surface area (Å²) < 4.78 is 0. The molecule has 1 unspecified atom stereocenters. The predicted molar refractivity (Wildman–Crippen MR) is 69.5 cm³/mol. The van der Waals surface area contributed by atoms with E-state index in [1.54, 1.807) is 0 Å². The normalized spacial score (nSPS) is 21.6. The van der Waals surface area contributed by atoms with Crippen LogP contribution in [0.25, 0.3) is 0 Å². The van der Waals surface area contributed by atoms with Crippen molar-refractivity contribution in [2.45, 2.75) is 32.4 Å². The second-order valence-electron chi connectivity index (χ2n) is 4.62. The molecule has 0 aromatic heterocycles. The van der Waals surface area contributed by atoms with Crippen LogP contribution in [0.3, 0.4) is 0 Å². The highest BCUT2D eigenvalue weighted by molar-refractivity contribution is 5.13. The number of likely N-dealkylation sites (tertiary alicyclic amines) is 1. The van der Waals surface area contributed by atoms with Crippen LogP contribution in [0.4, 0.5) is 0 Å². The summed E-state index contributed by atoms with van der Waals surface area (Å²) in [5, 5.41) is 0. The number of piperidine rings is 1. The van der Waals surface area contributed by atoms with Crippen LogP contribution < -0.4 is 5.48 Å². The molecule has 1 N–H and O–H groups in total. The fourth-order valence-corrected chi connectivity index (χ4v) is 2.26. The molecular formula is C14H22N2O. The lowest BCUT2D eigenvalue weighted by atomic mass is 10.1. The van der Waals surface area contributed by atoms with E-state index >= 15 is 0 Å². The standard InChI is InChI=1S/C14H22N2O/c1-2-16-10-6-9-14(11-16)15-17-12-13-7-4-3-5-8-13/h3-5,7-8,14-15H,2,6,9-12H2,1H3. The first kappa shape index (κ1) is 12.6. The Labute approximate surface area is 104 Å². The maximum atomic E-state index is 5.58. The summed E-state index contributed by atoms with van der Waals surface area (Å²) in [4.78, 5) is 8.04. The van der Waals surface area contributed by atoms with Gasteiger partial charge in [-0.25, -0.2) is 0 Å². The first-order valence-corrected chi connectivity index (χ1v) is 6.52. The molecule has 1 saturated heterocycles. The fourth-order valence-electron chi connectivity index (χ4n) is 2.26. The van der Waals surface area contributed by atoms with Crippen LogP contribution in [-0.2, 0) is 11.4 Å². The van der Waals surface area contributed by atoms with E-state index in [-0.39, 0.29) is 0 Å². The second-order valence-corrected chi connectivity index (χ2v) is 4.62. The molecule has 0 saturated carbocycles. The van der Waals surface area contributed by atoms with Crippen LogP contribution in [0.2, 0.25) is 0 Å². The Morgan fingerprint density at radius 2 is 2.18 bits per heavy atom. The number of nitrogens with one attached hydrogen (secondary N) is 1. The third-order valence-electron chi connectivity index (χ3n) is 3.28. The molecule has 0 aliphatic carbocycles. The Balaban J connectivity index is 1.68. The average Bonchev–Trinajstić information content (AvgIpc) is 2.40. The van der Waals surface area contributed by atoms with Crippen molar-refractivity contribution in [1.29, 1.82) is 0 Å². The Morgan fingerprint density at radius 1 is 1.35 bits per heavy atom. The van der Waals surface area contributed by atoms with Gasteiger partial charge in [-0.2, -0.15) is 5.48 Å². The molecular weight excluding hydrogens is 212 g/mol. The van der Waals surface area contributed by atoms with E-state index in [2.05, 4.69) is 29.4 Å². The van der Waals surface area contributed by atoms with Gasteiger partial charge in [-0.1, -0.05) is 37.3 Å². The van der Waals surface area contributed by atoms with Crippen molar-refractivity contribution < 1.29 is 4.84 Å². The molecule has 1 aromatic carbocycles. The molecule has 17 heavy (non-hydrogen) atoms. The maximum Gasteiger partial charge on any atom is 0.0933 e. The van der Waals surface area contributed by atoms with Crippen LogP contribution >= 0.6 is 0 Å². The first-order chi connectivity index (χ1) is 8.38. The van der Waals surface area contributed by atoms with Gasteiger partial charge in [0, 0.05) is 12.6 Å². The zero-order chi connectivity index (χ0) is 11.9. The lowest BCUT2D eigenvalue weighted by Gasteiger charge is -2.31. The van der Waals surface area contributed by atoms with Gasteiger partial charge >= 0.3 is 0 Å². The SMILES string of the molecule is CCN1CCCC(NOCc2ccccc2)C1. The summed E-state index contributed by atoms with van der Waals surface area (Å²) in [5.41, 5.74) is 4.40. The largest absolute Gasteiger partial charge is 0.302 e. The van der Waals surface area contributed by atoms with E-state index in [1.165, 1.54) is 24.9 Å². The zero-order valence-corrected chi connectivity index (χ0v) is 10.6. The molecule has 94 valence electrons. The fraction of sp³-hybridized carbons (Fsp3) is 0.571. The molecule has 1 fully saturated rings. The Kier molecular flexibility index (Phi) is 4.98. The number of hydrogen-bond acceptors (Lipinski definition) is 3. The minimum absolute atomic E-state index is 0.479. The van der Waals surface area contributed by atoms with E-state index in [9.17, 15) is 0 Å². The molecule has 3 nitrogen and oxygen atoms in total. The van der Waals surface area contributed by atoms with Crippen molar-refractivity contribution in [3.63, 3.8) is 0 Å². The summed E-state index contributed by atoms with van der Waals surface area (Å²) in [6, 6.07) is 10.8. The van der Waals surface area contributed by atoms with E-state index in [0.717, 1.165) is 13.1 Å². The molecule has 1 heterocycles. The highest BCUT2D eigenvalue weighted by atomic mass is 16.6. The van der Waals surface area contributed by atoms with Gasteiger partial charge in [-0.3, -0.25) is 4.84 Å². The molecule has 0 spiro atoms. The first-order valence-electron chi connectivity index (χ1n) is 6.52. The van der Waals surface area contributed by atoms with Gasteiger partial charge in [-0.05, 0) is 31.5 Å². The summed E-state index contributed by atoms with van der Waals surface area (Å²) in [7, 11) is 0. The molecule has 0 radical (unpaired) electrons. The Morgan fingerprint density at radius 3 is 2.94 bits per heavy atom. The van der Waals surface area contributed by atoms with Crippen molar-refractivity contribution in [2.24, 2.45) is 0 Å². The van der Waals surface area contributed by atoms with Gasteiger partial charge in [0.2, 0.25) is 0 Å². The summed E-state index contributed by atoms with van der Waals surface area (Å²) >= 11 is 0. The number of rotatable bonds is 5. The van der Waals surface area contributed by atoms with E-state index in [1.807, 2.05) is 18.2 Å². The van der Waals surface area contributed by atoms with Gasteiger partial charge in [0.1, 0.15) is 0 Å². The van der Waals surface area contributed by atoms with E-state index < -0.39 is 0 Å². The van der Waals surface area contributed by atoms with Crippen molar-refractivity contribution in [3.05, 3.63) is 35.9 Å². The number of likely N-dealkylation sites (N-methyl/N-ethyl adjacent to an activating group) is 1. The van der Waals surface area contributed by atoms with Gasteiger partial charge in [0.15, 0.2) is 0 Å². The smallest absolute Gasteiger partial charge is 0.0933 e. The molecule has 1 aromatic rings.